The monoisotopic (exact) mass is 455 g/mol. The maximum absolute atomic E-state index is 14.0. The van der Waals surface area contributed by atoms with Gasteiger partial charge in [-0.3, -0.25) is 4.79 Å². The number of carbonyl (C=O) groups is 1. The lowest BCUT2D eigenvalue weighted by Gasteiger charge is -2.09. The maximum Gasteiger partial charge on any atom is 0.251 e. The number of nitrogens with one attached hydrogen (secondary N) is 2. The first-order valence-electron chi connectivity index (χ1n) is 10.5. The lowest BCUT2D eigenvalue weighted by atomic mass is 10.0. The Balaban J connectivity index is 1.61. The molecule has 0 saturated carbocycles. The minimum atomic E-state index is -0.319. The Labute approximate surface area is 196 Å². The van der Waals surface area contributed by atoms with E-state index in [1.54, 1.807) is 42.1 Å². The zero-order valence-electron chi connectivity index (χ0n) is 17.8. The number of nitrogens with zero attached hydrogens (tertiary/aromatic N) is 1. The summed E-state index contributed by atoms with van der Waals surface area (Å²) in [5, 5.41) is 9.85. The minimum Gasteiger partial charge on any atom is -0.352 e. The zero-order chi connectivity index (χ0) is 23.0. The zero-order valence-corrected chi connectivity index (χ0v) is 18.6. The lowest BCUT2D eigenvalue weighted by molar-refractivity contribution is 0.0954. The van der Waals surface area contributed by atoms with Crippen LogP contribution in [-0.4, -0.2) is 24.4 Å². The summed E-state index contributed by atoms with van der Waals surface area (Å²) in [6.45, 7) is 0.503. The first kappa shape index (κ1) is 22.4. The average Bonchev–Trinajstić information content (AvgIpc) is 2.99. The maximum atomic E-state index is 14.0. The Morgan fingerprint density at radius 3 is 2.73 bits per heavy atom. The molecule has 0 bridgehead atoms. The normalized spacial score (nSPS) is 12.7. The van der Waals surface area contributed by atoms with Crippen LogP contribution in [0, 0.1) is 11.2 Å². The number of amides is 1. The predicted octanol–water partition coefficient (Wildman–Crippen LogP) is 6.34. The molecular formula is C27H22FN3OS. The summed E-state index contributed by atoms with van der Waals surface area (Å²) >= 11 is 1.59. The second-order valence-corrected chi connectivity index (χ2v) is 8.36. The van der Waals surface area contributed by atoms with E-state index in [2.05, 4.69) is 5.32 Å². The van der Waals surface area contributed by atoms with Gasteiger partial charge in [0.05, 0.1) is 11.4 Å². The summed E-state index contributed by atoms with van der Waals surface area (Å²) < 4.78 is 14.0. The molecule has 164 valence electrons. The third-order valence-electron chi connectivity index (χ3n) is 4.96. The summed E-state index contributed by atoms with van der Waals surface area (Å²) in [6, 6.07) is 19.8. The van der Waals surface area contributed by atoms with Crippen molar-refractivity contribution in [3.63, 3.8) is 0 Å². The highest BCUT2D eigenvalue weighted by Gasteiger charge is 2.20. The minimum absolute atomic E-state index is 0.171. The molecule has 1 amide bonds. The molecule has 0 aromatic heterocycles. The molecule has 1 aliphatic heterocycles. The fourth-order valence-electron chi connectivity index (χ4n) is 3.40. The highest BCUT2D eigenvalue weighted by atomic mass is 32.2. The number of hydrogen-bond donors (Lipinski definition) is 2. The third kappa shape index (κ3) is 5.54. The van der Waals surface area contributed by atoms with E-state index in [1.165, 1.54) is 18.3 Å². The molecule has 1 aliphatic rings. The number of rotatable bonds is 7. The smallest absolute Gasteiger partial charge is 0.251 e. The van der Waals surface area contributed by atoms with Crippen molar-refractivity contribution in [2.24, 2.45) is 4.99 Å². The molecule has 0 atom stereocenters. The largest absolute Gasteiger partial charge is 0.352 e. The molecule has 0 spiro atoms. The Hall–Kier alpha value is -3.77. The van der Waals surface area contributed by atoms with Crippen molar-refractivity contribution >= 4 is 35.3 Å². The van der Waals surface area contributed by atoms with Gasteiger partial charge in [-0.2, -0.15) is 0 Å². The first-order chi connectivity index (χ1) is 16.2. The number of benzene rings is 3. The summed E-state index contributed by atoms with van der Waals surface area (Å²) in [4.78, 5) is 19.5. The van der Waals surface area contributed by atoms with Gasteiger partial charge in [0.15, 0.2) is 0 Å². The van der Waals surface area contributed by atoms with E-state index in [-0.39, 0.29) is 11.7 Å². The van der Waals surface area contributed by atoms with Crippen LogP contribution in [-0.2, 0) is 0 Å². The van der Waals surface area contributed by atoms with Crippen LogP contribution in [0.1, 0.15) is 27.9 Å². The topological polar surface area (TPSA) is 65.3 Å². The summed E-state index contributed by atoms with van der Waals surface area (Å²) in [5.41, 5.74) is 3.50. The molecule has 0 fully saturated rings. The molecule has 0 saturated heterocycles. The average molecular weight is 456 g/mol. The van der Waals surface area contributed by atoms with E-state index in [0.717, 1.165) is 15.4 Å². The molecule has 2 N–H and O–H groups in total. The molecule has 3 aromatic carbocycles. The van der Waals surface area contributed by atoms with Gasteiger partial charge in [-0.05, 0) is 48.9 Å². The van der Waals surface area contributed by atoms with Gasteiger partial charge in [0.1, 0.15) is 5.82 Å². The van der Waals surface area contributed by atoms with Crippen LogP contribution in [0.25, 0.3) is 0 Å². The van der Waals surface area contributed by atoms with Crippen molar-refractivity contribution in [3.05, 3.63) is 114 Å². The van der Waals surface area contributed by atoms with Crippen LogP contribution in [0.4, 0.5) is 10.1 Å². The molecular weight excluding hydrogens is 433 g/mol. The fraction of sp³-hybridized carbons (Fsp3) is 0.0741. The van der Waals surface area contributed by atoms with Crippen molar-refractivity contribution in [1.29, 1.82) is 5.41 Å². The standard InChI is InChI=1S/C27H22FN3OS/c28-21-10-8-9-19(17-21)26-22-11-4-5-12-24(22)33-25-14-13-20(18-23(25)31-26)27(32)30-16-7-3-1-2-6-15-29/h1-6,8-15,17-18,29H,7,16H2,(H,30,32)/b3-1+,6-2-,29-15?. The molecule has 0 radical (unpaired) electrons. The number of halogens is 1. The quantitative estimate of drug-likeness (QED) is 0.194. The van der Waals surface area contributed by atoms with Gasteiger partial charge in [-0.25, -0.2) is 9.38 Å². The van der Waals surface area contributed by atoms with Gasteiger partial charge in [-0.1, -0.05) is 60.3 Å². The highest BCUT2D eigenvalue weighted by Crippen LogP contribution is 2.41. The van der Waals surface area contributed by atoms with E-state index in [0.29, 0.717) is 35.5 Å². The van der Waals surface area contributed by atoms with Crippen LogP contribution in [0.5, 0.6) is 0 Å². The number of fused-ring (bicyclic) bond motifs is 2. The van der Waals surface area contributed by atoms with Gasteiger partial charge < -0.3 is 10.7 Å². The predicted molar refractivity (Wildman–Crippen MR) is 133 cm³/mol. The van der Waals surface area contributed by atoms with E-state index in [1.807, 2.05) is 48.6 Å². The van der Waals surface area contributed by atoms with Gasteiger partial charge in [0.25, 0.3) is 5.91 Å². The Morgan fingerprint density at radius 1 is 1.00 bits per heavy atom. The van der Waals surface area contributed by atoms with E-state index >= 15 is 0 Å². The fourth-order valence-corrected chi connectivity index (χ4v) is 4.41. The highest BCUT2D eigenvalue weighted by molar-refractivity contribution is 7.99. The lowest BCUT2D eigenvalue weighted by Crippen LogP contribution is -2.24. The van der Waals surface area contributed by atoms with Crippen molar-refractivity contribution in [3.8, 4) is 0 Å². The molecule has 3 aromatic rings. The summed E-state index contributed by atoms with van der Waals surface area (Å²) in [5.74, 6) is -0.490. The second kappa shape index (κ2) is 10.7. The molecule has 33 heavy (non-hydrogen) atoms. The molecule has 0 unspecified atom stereocenters. The summed E-state index contributed by atoms with van der Waals surface area (Å²) in [7, 11) is 0. The van der Waals surface area contributed by atoms with Crippen molar-refractivity contribution < 1.29 is 9.18 Å². The summed E-state index contributed by atoms with van der Waals surface area (Å²) in [6.07, 6.45) is 9.07. The van der Waals surface area contributed by atoms with E-state index in [4.69, 9.17) is 10.4 Å². The molecule has 1 heterocycles. The van der Waals surface area contributed by atoms with Gasteiger partial charge in [-0.15, -0.1) is 0 Å². The van der Waals surface area contributed by atoms with Crippen LogP contribution in [0.3, 0.4) is 0 Å². The molecule has 4 nitrogen and oxygen atoms in total. The third-order valence-corrected chi connectivity index (χ3v) is 6.11. The van der Waals surface area contributed by atoms with Gasteiger partial charge in [0.2, 0.25) is 0 Å². The van der Waals surface area contributed by atoms with E-state index in [9.17, 15) is 9.18 Å². The van der Waals surface area contributed by atoms with Gasteiger partial charge >= 0.3 is 0 Å². The van der Waals surface area contributed by atoms with Crippen LogP contribution in [0.15, 0.2) is 106 Å². The van der Waals surface area contributed by atoms with Crippen LogP contribution in [0.2, 0.25) is 0 Å². The molecule has 6 heteroatoms. The number of aliphatic imine (C=N–C) groups is 1. The van der Waals surface area contributed by atoms with Crippen molar-refractivity contribution in [2.45, 2.75) is 16.2 Å². The van der Waals surface area contributed by atoms with Gasteiger partial charge in [0, 0.05) is 39.2 Å². The Bertz CT molecular complexity index is 1280. The van der Waals surface area contributed by atoms with Crippen LogP contribution < -0.4 is 5.32 Å². The number of carbonyl (C=O) groups excluding carboxylic acids is 1. The Kier molecular flexibility index (Phi) is 7.27. The van der Waals surface area contributed by atoms with Crippen molar-refractivity contribution in [1.82, 2.24) is 5.32 Å². The Morgan fingerprint density at radius 2 is 1.88 bits per heavy atom. The number of allylic oxidation sites excluding steroid dienone is 3. The molecule has 0 aliphatic carbocycles. The van der Waals surface area contributed by atoms with Crippen molar-refractivity contribution in [2.75, 3.05) is 6.54 Å². The van der Waals surface area contributed by atoms with Crippen LogP contribution >= 0.6 is 11.8 Å². The first-order valence-corrected chi connectivity index (χ1v) is 11.3. The second-order valence-electron chi connectivity index (χ2n) is 7.28. The molecule has 4 rings (SSSR count). The SMILES string of the molecule is N=C/C=C\C=C\CCNC(=O)c1ccc2c(c1)N=C(c1cccc(F)c1)c1ccccc1S2. The van der Waals surface area contributed by atoms with E-state index < -0.39 is 0 Å². The number of hydrogen-bond acceptors (Lipinski definition) is 4.